The summed E-state index contributed by atoms with van der Waals surface area (Å²) >= 11 is 0. The third kappa shape index (κ3) is 3.04. The predicted octanol–water partition coefficient (Wildman–Crippen LogP) is 4.05. The molecule has 0 radical (unpaired) electrons. The average molecular weight is 412 g/mol. The summed E-state index contributed by atoms with van der Waals surface area (Å²) in [5.74, 6) is 0. The number of rotatable bonds is 8. The summed E-state index contributed by atoms with van der Waals surface area (Å²) < 4.78 is 148. The number of halogens is 12. The predicted molar refractivity (Wildman–Crippen MR) is 43.9 cm³/mol. The van der Waals surface area contributed by atoms with Gasteiger partial charge in [-0.15, -0.1) is 35.1 Å². The molecule has 0 aliphatic heterocycles. The van der Waals surface area contributed by atoms with Crippen LogP contribution in [0.1, 0.15) is 0 Å². The normalized spacial score (nSPS) is 14.7. The van der Waals surface area contributed by atoms with E-state index in [1.54, 1.807) is 0 Å². The summed E-state index contributed by atoms with van der Waals surface area (Å²) in [6.45, 7) is -14.2. The van der Waals surface area contributed by atoms with Gasteiger partial charge in [0, 0.05) is 19.5 Å². The molecule has 0 aliphatic carbocycles. The molecular formula is C8H8F12NZn+. The van der Waals surface area contributed by atoms with Gasteiger partial charge in [0.05, 0.1) is 0 Å². The minimum Gasteiger partial charge on any atom is -0.237 e. The maximum absolute atomic E-state index is 13.2. The van der Waals surface area contributed by atoms with Crippen molar-refractivity contribution in [3.63, 3.8) is 0 Å². The van der Waals surface area contributed by atoms with E-state index < -0.39 is 55.4 Å². The van der Waals surface area contributed by atoms with Crippen LogP contribution in [-0.2, 0) is 19.5 Å². The first kappa shape index (κ1) is 24.0. The summed E-state index contributed by atoms with van der Waals surface area (Å²) in [6.07, 6.45) is 0. The van der Waals surface area contributed by atoms with Crippen LogP contribution in [0, 0.1) is 0 Å². The van der Waals surface area contributed by atoms with Crippen molar-refractivity contribution in [2.24, 2.45) is 0 Å². The van der Waals surface area contributed by atoms with Gasteiger partial charge in [0.15, 0.2) is 0 Å². The fraction of sp³-hybridized carbons (Fsp3) is 1.00. The van der Waals surface area contributed by atoms with Gasteiger partial charge in [-0.1, -0.05) is 4.48 Å². The summed E-state index contributed by atoms with van der Waals surface area (Å²) in [6, 6.07) is -25.6. The van der Waals surface area contributed by atoms with E-state index in [1.165, 1.54) is 0 Å². The maximum Gasteiger partial charge on any atom is 0.433 e. The molecule has 0 aromatic rings. The van der Waals surface area contributed by atoms with Crippen LogP contribution in [-0.4, -0.2) is 55.4 Å². The van der Waals surface area contributed by atoms with Crippen molar-refractivity contribution in [1.82, 2.24) is 0 Å². The van der Waals surface area contributed by atoms with Crippen LogP contribution in [0.25, 0.3) is 0 Å². The van der Waals surface area contributed by atoms with Crippen molar-refractivity contribution in [1.29, 1.82) is 0 Å². The molecule has 1 nitrogen and oxygen atoms in total. The standard InChI is InChI=1S/C8H8F12N.Zn/c9-1-5(13,14)21(6(15,16)2-10,7(17,18)3-11)8(19,20)4-12;/h1-4H2;/q+1;. The average Bonchev–Trinajstić information content (AvgIpc) is 2.37. The Morgan fingerprint density at radius 2 is 0.591 bits per heavy atom. The van der Waals surface area contributed by atoms with E-state index in [2.05, 4.69) is 0 Å². The molecule has 0 aromatic heterocycles. The van der Waals surface area contributed by atoms with E-state index in [0.29, 0.717) is 0 Å². The van der Waals surface area contributed by atoms with Crippen molar-refractivity contribution in [2.45, 2.75) is 24.2 Å². The first-order chi connectivity index (χ1) is 9.24. The van der Waals surface area contributed by atoms with Gasteiger partial charge in [0.1, 0.15) is 0 Å². The van der Waals surface area contributed by atoms with Crippen molar-refractivity contribution < 1.29 is 76.6 Å². The van der Waals surface area contributed by atoms with E-state index in [-0.39, 0.29) is 19.5 Å². The Kier molecular flexibility index (Phi) is 7.75. The SMILES string of the molecule is FCC(F)(F)[N+](C(F)(F)CF)(C(F)(F)CF)C(F)(F)CF.[Zn]. The quantitative estimate of drug-likeness (QED) is 0.245. The molecule has 0 bridgehead atoms. The molecule has 0 saturated heterocycles. The molecule has 0 spiro atoms. The second kappa shape index (κ2) is 7.10. The van der Waals surface area contributed by atoms with Crippen LogP contribution in [0.15, 0.2) is 0 Å². The molecule has 0 amide bonds. The number of quaternary nitrogens is 1. The molecule has 0 heterocycles. The van der Waals surface area contributed by atoms with Crippen molar-refractivity contribution in [2.75, 3.05) is 26.7 Å². The van der Waals surface area contributed by atoms with Crippen LogP contribution in [0.3, 0.4) is 0 Å². The number of alkyl halides is 12. The molecule has 0 unspecified atom stereocenters. The molecule has 0 fully saturated rings. The fourth-order valence-electron chi connectivity index (χ4n) is 1.79. The van der Waals surface area contributed by atoms with Crippen LogP contribution in [0.2, 0.25) is 0 Å². The van der Waals surface area contributed by atoms with Gasteiger partial charge in [-0.3, -0.25) is 0 Å². The van der Waals surface area contributed by atoms with Crippen LogP contribution in [0.4, 0.5) is 52.7 Å². The largest absolute Gasteiger partial charge is 0.433 e. The van der Waals surface area contributed by atoms with Gasteiger partial charge in [-0.25, -0.2) is 17.6 Å². The van der Waals surface area contributed by atoms with Crippen molar-refractivity contribution in [3.05, 3.63) is 0 Å². The molecule has 0 N–H and O–H groups in total. The molecule has 0 saturated carbocycles. The van der Waals surface area contributed by atoms with E-state index in [9.17, 15) is 52.7 Å². The number of nitrogens with zero attached hydrogens (tertiary/aromatic N) is 1. The van der Waals surface area contributed by atoms with Crippen molar-refractivity contribution in [3.8, 4) is 0 Å². The summed E-state index contributed by atoms with van der Waals surface area (Å²) in [5, 5.41) is 0. The molecular weight excluding hydrogens is 403 g/mol. The Hall–Kier alpha value is -0.257. The Morgan fingerprint density at radius 1 is 0.455 bits per heavy atom. The third-order valence-electron chi connectivity index (χ3n) is 2.61. The second-order valence-corrected chi connectivity index (χ2v) is 3.87. The van der Waals surface area contributed by atoms with E-state index in [4.69, 9.17) is 0 Å². The van der Waals surface area contributed by atoms with E-state index in [1.807, 2.05) is 0 Å². The number of hydrogen-bond acceptors (Lipinski definition) is 0. The minimum absolute atomic E-state index is 0. The Bertz CT molecular complexity index is 290. The van der Waals surface area contributed by atoms with Crippen LogP contribution in [0.5, 0.6) is 0 Å². The molecule has 0 atom stereocenters. The Morgan fingerprint density at radius 3 is 0.682 bits per heavy atom. The summed E-state index contributed by atoms with van der Waals surface area (Å²) in [7, 11) is 0. The van der Waals surface area contributed by atoms with Gasteiger partial charge >= 0.3 is 24.2 Å². The first-order valence-corrected chi connectivity index (χ1v) is 4.89. The van der Waals surface area contributed by atoms with Gasteiger partial charge < -0.3 is 0 Å². The topological polar surface area (TPSA) is 0 Å². The van der Waals surface area contributed by atoms with Gasteiger partial charge in [-0.05, 0) is 0 Å². The Labute approximate surface area is 128 Å². The molecule has 22 heavy (non-hydrogen) atoms. The van der Waals surface area contributed by atoms with Gasteiger partial charge in [0.25, 0.3) is 0 Å². The Balaban J connectivity index is 0. The molecule has 0 aromatic carbocycles. The molecule has 14 heteroatoms. The zero-order chi connectivity index (χ0) is 17.3. The zero-order valence-electron chi connectivity index (χ0n) is 10.5. The van der Waals surface area contributed by atoms with Crippen LogP contribution >= 0.6 is 0 Å². The maximum atomic E-state index is 13.2. The first-order valence-electron chi connectivity index (χ1n) is 4.89. The van der Waals surface area contributed by atoms with Crippen LogP contribution < -0.4 is 0 Å². The molecule has 0 rings (SSSR count). The smallest absolute Gasteiger partial charge is 0.237 e. The summed E-state index contributed by atoms with van der Waals surface area (Å²) in [5.41, 5.74) is 0. The second-order valence-electron chi connectivity index (χ2n) is 3.87. The van der Waals surface area contributed by atoms with Gasteiger partial charge in [0.2, 0.25) is 26.7 Å². The number of hydrogen-bond donors (Lipinski definition) is 0. The minimum atomic E-state index is -6.39. The molecule has 130 valence electrons. The fourth-order valence-corrected chi connectivity index (χ4v) is 1.79. The van der Waals surface area contributed by atoms with E-state index >= 15 is 0 Å². The summed E-state index contributed by atoms with van der Waals surface area (Å²) in [4.78, 5) is 0. The van der Waals surface area contributed by atoms with Gasteiger partial charge in [-0.2, -0.15) is 0 Å². The third-order valence-corrected chi connectivity index (χ3v) is 2.61. The van der Waals surface area contributed by atoms with E-state index in [0.717, 1.165) is 0 Å². The molecule has 0 aliphatic rings. The monoisotopic (exact) mass is 410 g/mol. The zero-order valence-corrected chi connectivity index (χ0v) is 13.5. The van der Waals surface area contributed by atoms with Crippen molar-refractivity contribution >= 4 is 0 Å².